The van der Waals surface area contributed by atoms with Gasteiger partial charge in [0.05, 0.1) is 0 Å². The Morgan fingerprint density at radius 1 is 1.29 bits per heavy atom. The molecule has 1 aromatic rings. The van der Waals surface area contributed by atoms with Crippen LogP contribution in [0, 0.1) is 0 Å². The first-order valence-electron chi connectivity index (χ1n) is 7.59. The number of para-hydroxylation sites is 1. The van der Waals surface area contributed by atoms with E-state index in [0.29, 0.717) is 13.0 Å². The van der Waals surface area contributed by atoms with Gasteiger partial charge in [0, 0.05) is 38.8 Å². The highest BCUT2D eigenvalue weighted by Gasteiger charge is 2.22. The van der Waals surface area contributed by atoms with E-state index in [1.165, 1.54) is 11.3 Å². The summed E-state index contributed by atoms with van der Waals surface area (Å²) in [4.78, 5) is 18.1. The van der Waals surface area contributed by atoms with Gasteiger partial charge < -0.3 is 15.5 Å². The van der Waals surface area contributed by atoms with Gasteiger partial charge in [0.1, 0.15) is 0 Å². The van der Waals surface area contributed by atoms with Crippen LogP contribution >= 0.6 is 0 Å². The van der Waals surface area contributed by atoms with Crippen LogP contribution in [0.2, 0.25) is 0 Å². The smallest absolute Gasteiger partial charge is 0.221 e. The minimum Gasteiger partial charge on any atom is -0.356 e. The van der Waals surface area contributed by atoms with Crippen molar-refractivity contribution in [1.82, 2.24) is 10.6 Å². The van der Waals surface area contributed by atoms with Gasteiger partial charge in [-0.3, -0.25) is 9.79 Å². The van der Waals surface area contributed by atoms with E-state index < -0.39 is 0 Å². The highest BCUT2D eigenvalue weighted by molar-refractivity contribution is 5.98. The number of nitrogens with one attached hydrogen (secondary N) is 2. The van der Waals surface area contributed by atoms with Crippen molar-refractivity contribution in [3.63, 3.8) is 0 Å². The Morgan fingerprint density at radius 2 is 2.10 bits per heavy atom. The molecule has 0 saturated heterocycles. The number of hydrogen-bond donors (Lipinski definition) is 2. The summed E-state index contributed by atoms with van der Waals surface area (Å²) in [5.41, 5.74) is 2.56. The van der Waals surface area contributed by atoms with Gasteiger partial charge in [0.2, 0.25) is 5.91 Å². The lowest BCUT2D eigenvalue weighted by molar-refractivity contribution is -0.120. The molecule has 2 rings (SSSR count). The van der Waals surface area contributed by atoms with Crippen molar-refractivity contribution in [2.45, 2.75) is 26.2 Å². The molecule has 0 spiro atoms. The van der Waals surface area contributed by atoms with E-state index in [9.17, 15) is 4.79 Å². The molecule has 114 valence electrons. The lowest BCUT2D eigenvalue weighted by Crippen LogP contribution is -2.42. The number of hydrogen-bond acceptors (Lipinski definition) is 2. The minimum absolute atomic E-state index is 0.0848. The first-order valence-corrected chi connectivity index (χ1v) is 7.59. The van der Waals surface area contributed by atoms with Crippen molar-refractivity contribution < 1.29 is 4.79 Å². The Morgan fingerprint density at radius 3 is 2.86 bits per heavy atom. The first kappa shape index (κ1) is 15.4. The van der Waals surface area contributed by atoms with Crippen LogP contribution < -0.4 is 15.5 Å². The molecule has 0 saturated carbocycles. The van der Waals surface area contributed by atoms with Gasteiger partial charge in [-0.15, -0.1) is 0 Å². The zero-order valence-corrected chi connectivity index (χ0v) is 12.9. The molecule has 1 amide bonds. The number of amides is 1. The Labute approximate surface area is 126 Å². The molecule has 0 radical (unpaired) electrons. The van der Waals surface area contributed by atoms with Crippen molar-refractivity contribution >= 4 is 17.6 Å². The number of carbonyl (C=O) groups is 1. The molecule has 0 unspecified atom stereocenters. The molecule has 1 heterocycles. The minimum atomic E-state index is 0.0848. The molecule has 2 N–H and O–H groups in total. The maximum absolute atomic E-state index is 11.6. The van der Waals surface area contributed by atoms with E-state index in [4.69, 9.17) is 0 Å². The molecular formula is C16H24N4O. The number of nitrogens with zero attached hydrogens (tertiary/aromatic N) is 2. The van der Waals surface area contributed by atoms with Gasteiger partial charge in [-0.1, -0.05) is 25.1 Å². The normalized spacial score (nSPS) is 14.0. The summed E-state index contributed by atoms with van der Waals surface area (Å²) < 4.78 is 0. The monoisotopic (exact) mass is 288 g/mol. The molecule has 5 heteroatoms. The fraction of sp³-hybridized carbons (Fsp3) is 0.500. The molecule has 0 aromatic heterocycles. The molecule has 0 bridgehead atoms. The van der Waals surface area contributed by atoms with Crippen LogP contribution in [0.3, 0.4) is 0 Å². The second-order valence-corrected chi connectivity index (χ2v) is 5.10. The largest absolute Gasteiger partial charge is 0.356 e. The van der Waals surface area contributed by atoms with Crippen molar-refractivity contribution in [3.8, 4) is 0 Å². The molecule has 0 fully saturated rings. The van der Waals surface area contributed by atoms with E-state index in [2.05, 4.69) is 38.7 Å². The third kappa shape index (κ3) is 3.97. The number of carbonyl (C=O) groups excluding carboxylic acids is 1. The number of benzene rings is 1. The summed E-state index contributed by atoms with van der Waals surface area (Å²) in [5.74, 6) is 0.921. The molecule has 0 aliphatic carbocycles. The quantitative estimate of drug-likeness (QED) is 0.638. The zero-order valence-electron chi connectivity index (χ0n) is 12.9. The summed E-state index contributed by atoms with van der Waals surface area (Å²) in [6.45, 7) is 4.32. The fourth-order valence-corrected chi connectivity index (χ4v) is 2.49. The zero-order chi connectivity index (χ0) is 15.1. The molecule has 1 aliphatic rings. The highest BCUT2D eigenvalue weighted by atomic mass is 16.1. The molecule has 1 aromatic carbocycles. The number of rotatable bonds is 5. The summed E-state index contributed by atoms with van der Waals surface area (Å²) in [6, 6.07) is 8.38. The van der Waals surface area contributed by atoms with Gasteiger partial charge in [-0.25, -0.2) is 0 Å². The summed E-state index contributed by atoms with van der Waals surface area (Å²) >= 11 is 0. The van der Waals surface area contributed by atoms with Crippen LogP contribution in [0.1, 0.15) is 25.3 Å². The lowest BCUT2D eigenvalue weighted by atomic mass is 10.2. The SMILES string of the molecule is CCCNC(=O)CCNC(=NC)N1CCc2ccccc21. The topological polar surface area (TPSA) is 56.7 Å². The predicted molar refractivity (Wildman–Crippen MR) is 86.8 cm³/mol. The second-order valence-electron chi connectivity index (χ2n) is 5.10. The standard InChI is InChI=1S/C16H24N4O/c1-3-10-18-15(21)8-11-19-16(17-2)20-12-9-13-6-4-5-7-14(13)20/h4-7H,3,8-12H2,1-2H3,(H,17,19)(H,18,21). The first-order chi connectivity index (χ1) is 10.3. The number of fused-ring (bicyclic) bond motifs is 1. The van der Waals surface area contributed by atoms with Crippen LogP contribution in [0.25, 0.3) is 0 Å². The maximum Gasteiger partial charge on any atom is 0.221 e. The number of guanidine groups is 1. The molecule has 5 nitrogen and oxygen atoms in total. The van der Waals surface area contributed by atoms with Crippen molar-refractivity contribution in [3.05, 3.63) is 29.8 Å². The van der Waals surface area contributed by atoms with Gasteiger partial charge in [0.25, 0.3) is 0 Å². The van der Waals surface area contributed by atoms with E-state index in [-0.39, 0.29) is 5.91 Å². The predicted octanol–water partition coefficient (Wildman–Crippen LogP) is 1.54. The highest BCUT2D eigenvalue weighted by Crippen LogP contribution is 2.27. The van der Waals surface area contributed by atoms with Gasteiger partial charge in [-0.05, 0) is 24.5 Å². The van der Waals surface area contributed by atoms with Crippen molar-refractivity contribution in [2.24, 2.45) is 4.99 Å². The Bertz CT molecular complexity index is 513. The molecule has 0 atom stereocenters. The van der Waals surface area contributed by atoms with Crippen molar-refractivity contribution in [1.29, 1.82) is 0 Å². The van der Waals surface area contributed by atoms with E-state index >= 15 is 0 Å². The molecule has 1 aliphatic heterocycles. The molecule has 21 heavy (non-hydrogen) atoms. The second kappa shape index (κ2) is 7.67. The van der Waals surface area contributed by atoms with E-state index in [0.717, 1.165) is 31.9 Å². The van der Waals surface area contributed by atoms with Crippen molar-refractivity contribution in [2.75, 3.05) is 31.6 Å². The van der Waals surface area contributed by atoms with E-state index in [1.807, 2.05) is 13.0 Å². The maximum atomic E-state index is 11.6. The van der Waals surface area contributed by atoms with Crippen LogP contribution in [0.5, 0.6) is 0 Å². The van der Waals surface area contributed by atoms with Crippen LogP contribution in [-0.2, 0) is 11.2 Å². The van der Waals surface area contributed by atoms with Gasteiger partial charge in [0.15, 0.2) is 5.96 Å². The Balaban J connectivity index is 1.86. The summed E-state index contributed by atoms with van der Waals surface area (Å²) in [6.07, 6.45) is 2.47. The summed E-state index contributed by atoms with van der Waals surface area (Å²) in [7, 11) is 1.78. The Kier molecular flexibility index (Phi) is 5.60. The number of anilines is 1. The van der Waals surface area contributed by atoms with Gasteiger partial charge >= 0.3 is 0 Å². The van der Waals surface area contributed by atoms with E-state index in [1.54, 1.807) is 7.05 Å². The molecular weight excluding hydrogens is 264 g/mol. The number of aliphatic imine (C=N–C) groups is 1. The fourth-order valence-electron chi connectivity index (χ4n) is 2.49. The van der Waals surface area contributed by atoms with Gasteiger partial charge in [-0.2, -0.15) is 0 Å². The summed E-state index contributed by atoms with van der Waals surface area (Å²) in [5, 5.41) is 6.15. The average molecular weight is 288 g/mol. The third-order valence-corrected chi connectivity index (χ3v) is 3.56. The van der Waals surface area contributed by atoms with Crippen LogP contribution in [0.15, 0.2) is 29.3 Å². The average Bonchev–Trinajstić information content (AvgIpc) is 2.93. The lowest BCUT2D eigenvalue weighted by Gasteiger charge is -2.22. The Hall–Kier alpha value is -2.04. The van der Waals surface area contributed by atoms with Crippen LogP contribution in [-0.4, -0.2) is 38.5 Å². The third-order valence-electron chi connectivity index (χ3n) is 3.56. The van der Waals surface area contributed by atoms with Crippen LogP contribution in [0.4, 0.5) is 5.69 Å².